The number of oxime groups is 1. The van der Waals surface area contributed by atoms with Gasteiger partial charge >= 0.3 is 0 Å². The summed E-state index contributed by atoms with van der Waals surface area (Å²) in [6.07, 6.45) is 5.01. The van der Waals surface area contributed by atoms with Crippen molar-refractivity contribution in [3.8, 4) is 0 Å². The van der Waals surface area contributed by atoms with Gasteiger partial charge in [-0.05, 0) is 39.3 Å². The molecule has 5 heteroatoms. The molecule has 5 nitrogen and oxygen atoms in total. The van der Waals surface area contributed by atoms with Gasteiger partial charge in [-0.25, -0.2) is 0 Å². The molecule has 1 aliphatic rings. The number of unbranched alkanes of at least 4 members (excludes halogenated alkanes) is 1. The first-order chi connectivity index (χ1) is 7.74. The minimum Gasteiger partial charge on any atom is -0.409 e. The van der Waals surface area contributed by atoms with Gasteiger partial charge in [0.15, 0.2) is 0 Å². The predicted octanol–water partition coefficient (Wildman–Crippen LogP) is 1.01. The van der Waals surface area contributed by atoms with Crippen LogP contribution in [0.3, 0.4) is 0 Å². The molecule has 0 aliphatic carbocycles. The molecule has 1 saturated heterocycles. The van der Waals surface area contributed by atoms with Crippen LogP contribution in [0, 0.1) is 0 Å². The number of ether oxygens (including phenoxy) is 1. The van der Waals surface area contributed by atoms with E-state index < -0.39 is 0 Å². The molecule has 16 heavy (non-hydrogen) atoms. The van der Waals surface area contributed by atoms with E-state index in [0.717, 1.165) is 45.4 Å². The molecule has 0 unspecified atom stereocenters. The maximum atomic E-state index is 8.39. The Morgan fingerprint density at radius 3 is 2.75 bits per heavy atom. The fraction of sp³-hybridized carbons (Fsp3) is 0.909. The number of hydrogen-bond donors (Lipinski definition) is 2. The fourth-order valence-electron chi connectivity index (χ4n) is 2.03. The second-order valence-corrected chi connectivity index (χ2v) is 4.37. The van der Waals surface area contributed by atoms with E-state index in [1.165, 1.54) is 0 Å². The first kappa shape index (κ1) is 13.3. The number of nitrogens with two attached hydrogens (primary N) is 1. The molecular weight excluding hydrogens is 206 g/mol. The van der Waals surface area contributed by atoms with Gasteiger partial charge in [0.05, 0.1) is 0 Å². The molecule has 0 bridgehead atoms. The molecule has 1 heterocycles. The van der Waals surface area contributed by atoms with E-state index in [1.54, 1.807) is 0 Å². The Labute approximate surface area is 97.2 Å². The van der Waals surface area contributed by atoms with Gasteiger partial charge in [-0.1, -0.05) is 5.16 Å². The summed E-state index contributed by atoms with van der Waals surface area (Å²) in [5.41, 5.74) is 5.40. The maximum Gasteiger partial charge on any atom is 0.139 e. The highest BCUT2D eigenvalue weighted by Crippen LogP contribution is 2.13. The van der Waals surface area contributed by atoms with E-state index in [4.69, 9.17) is 15.7 Å². The van der Waals surface area contributed by atoms with Crippen molar-refractivity contribution in [1.82, 2.24) is 4.90 Å². The van der Waals surface area contributed by atoms with Crippen molar-refractivity contribution in [1.29, 1.82) is 0 Å². The zero-order valence-electron chi connectivity index (χ0n) is 10.1. The van der Waals surface area contributed by atoms with E-state index in [2.05, 4.69) is 17.1 Å². The highest BCUT2D eigenvalue weighted by Gasteiger charge is 2.17. The Morgan fingerprint density at radius 2 is 2.12 bits per heavy atom. The third-order valence-electron chi connectivity index (χ3n) is 3.14. The van der Waals surface area contributed by atoms with Gasteiger partial charge in [-0.3, -0.25) is 0 Å². The first-order valence-corrected chi connectivity index (χ1v) is 5.98. The predicted molar refractivity (Wildman–Crippen MR) is 63.7 cm³/mol. The van der Waals surface area contributed by atoms with E-state index in [9.17, 15) is 0 Å². The molecule has 0 saturated carbocycles. The van der Waals surface area contributed by atoms with Crippen LogP contribution in [-0.4, -0.2) is 48.8 Å². The van der Waals surface area contributed by atoms with Crippen LogP contribution in [0.1, 0.15) is 32.1 Å². The van der Waals surface area contributed by atoms with Crippen molar-refractivity contribution in [3.63, 3.8) is 0 Å². The summed E-state index contributed by atoms with van der Waals surface area (Å²) in [5, 5.41) is 11.3. The van der Waals surface area contributed by atoms with Crippen LogP contribution >= 0.6 is 0 Å². The van der Waals surface area contributed by atoms with Gasteiger partial charge in [-0.15, -0.1) is 0 Å². The van der Waals surface area contributed by atoms with Crippen LogP contribution in [0.2, 0.25) is 0 Å². The van der Waals surface area contributed by atoms with Gasteiger partial charge in [-0.2, -0.15) is 0 Å². The molecule has 94 valence electrons. The second-order valence-electron chi connectivity index (χ2n) is 4.37. The Morgan fingerprint density at radius 1 is 1.44 bits per heavy atom. The van der Waals surface area contributed by atoms with Gasteiger partial charge in [0.2, 0.25) is 0 Å². The zero-order chi connectivity index (χ0) is 11.8. The van der Waals surface area contributed by atoms with Crippen LogP contribution in [0.4, 0.5) is 0 Å². The van der Waals surface area contributed by atoms with Crippen molar-refractivity contribution in [2.75, 3.05) is 26.8 Å². The third kappa shape index (κ3) is 4.81. The van der Waals surface area contributed by atoms with E-state index in [0.29, 0.717) is 18.3 Å². The summed E-state index contributed by atoms with van der Waals surface area (Å²) in [6, 6.07) is 0.664. The molecule has 0 amide bonds. The van der Waals surface area contributed by atoms with Crippen LogP contribution in [0.5, 0.6) is 0 Å². The highest BCUT2D eigenvalue weighted by molar-refractivity contribution is 5.79. The van der Waals surface area contributed by atoms with E-state index in [-0.39, 0.29) is 0 Å². The molecule has 1 aliphatic heterocycles. The SMILES string of the molecule is CN(CCCCC(N)=NO)C1CCOCC1. The molecule has 3 N–H and O–H groups in total. The van der Waals surface area contributed by atoms with Crippen LogP contribution in [-0.2, 0) is 4.74 Å². The standard InChI is InChI=1S/C11H23N3O2/c1-14(10-5-8-16-9-6-10)7-3-2-4-11(12)13-15/h10,15H,2-9H2,1H3,(H2,12,13). The topological polar surface area (TPSA) is 71.1 Å². The number of hydrogen-bond acceptors (Lipinski definition) is 4. The lowest BCUT2D eigenvalue weighted by Gasteiger charge is -2.31. The van der Waals surface area contributed by atoms with Gasteiger partial charge in [0.25, 0.3) is 0 Å². The maximum absolute atomic E-state index is 8.39. The number of nitrogens with zero attached hydrogens (tertiary/aromatic N) is 2. The average Bonchev–Trinajstić information content (AvgIpc) is 2.35. The quantitative estimate of drug-likeness (QED) is 0.234. The van der Waals surface area contributed by atoms with Crippen molar-refractivity contribution in [2.24, 2.45) is 10.9 Å². The number of amidine groups is 1. The minimum absolute atomic E-state index is 0.328. The molecule has 0 spiro atoms. The molecular formula is C11H23N3O2. The first-order valence-electron chi connectivity index (χ1n) is 5.98. The molecule has 0 aromatic rings. The molecule has 0 aromatic carbocycles. The van der Waals surface area contributed by atoms with Crippen LogP contribution in [0.25, 0.3) is 0 Å². The summed E-state index contributed by atoms with van der Waals surface area (Å²) in [7, 11) is 2.17. The largest absolute Gasteiger partial charge is 0.409 e. The lowest BCUT2D eigenvalue weighted by Crippen LogP contribution is -2.37. The third-order valence-corrected chi connectivity index (χ3v) is 3.14. The second kappa shape index (κ2) is 7.46. The highest BCUT2D eigenvalue weighted by atomic mass is 16.5. The lowest BCUT2D eigenvalue weighted by atomic mass is 10.1. The summed E-state index contributed by atoms with van der Waals surface area (Å²) in [5.74, 6) is 0.328. The summed E-state index contributed by atoms with van der Waals surface area (Å²) in [4.78, 5) is 2.40. The van der Waals surface area contributed by atoms with Gasteiger partial charge < -0.3 is 20.6 Å². The summed E-state index contributed by atoms with van der Waals surface area (Å²) in [6.45, 7) is 2.85. The summed E-state index contributed by atoms with van der Waals surface area (Å²) < 4.78 is 5.33. The molecule has 1 fully saturated rings. The van der Waals surface area contributed by atoms with Gasteiger partial charge in [0.1, 0.15) is 5.84 Å². The van der Waals surface area contributed by atoms with Crippen molar-refractivity contribution < 1.29 is 9.94 Å². The lowest BCUT2D eigenvalue weighted by molar-refractivity contribution is 0.0427. The van der Waals surface area contributed by atoms with Crippen molar-refractivity contribution in [2.45, 2.75) is 38.1 Å². The monoisotopic (exact) mass is 229 g/mol. The van der Waals surface area contributed by atoms with E-state index >= 15 is 0 Å². The Balaban J connectivity index is 2.07. The van der Waals surface area contributed by atoms with E-state index in [1.807, 2.05) is 0 Å². The summed E-state index contributed by atoms with van der Waals surface area (Å²) >= 11 is 0. The number of rotatable bonds is 6. The van der Waals surface area contributed by atoms with Gasteiger partial charge in [0, 0.05) is 25.7 Å². The molecule has 0 aromatic heterocycles. The molecule has 1 rings (SSSR count). The van der Waals surface area contributed by atoms with Crippen LogP contribution < -0.4 is 5.73 Å². The minimum atomic E-state index is 0.328. The smallest absolute Gasteiger partial charge is 0.139 e. The van der Waals surface area contributed by atoms with Crippen molar-refractivity contribution in [3.05, 3.63) is 0 Å². The normalized spacial score (nSPS) is 19.2. The average molecular weight is 229 g/mol. The zero-order valence-corrected chi connectivity index (χ0v) is 10.1. The van der Waals surface area contributed by atoms with Crippen LogP contribution in [0.15, 0.2) is 5.16 Å². The molecule has 0 radical (unpaired) electrons. The Kier molecular flexibility index (Phi) is 6.18. The Bertz CT molecular complexity index is 215. The Hall–Kier alpha value is -0.810. The molecule has 0 atom stereocenters. The van der Waals surface area contributed by atoms with Crippen molar-refractivity contribution >= 4 is 5.84 Å². The fourth-order valence-corrected chi connectivity index (χ4v) is 2.03.